The number of esters is 1. The second-order valence-corrected chi connectivity index (χ2v) is 5.42. The molecule has 0 saturated heterocycles. The van der Waals surface area contributed by atoms with Gasteiger partial charge in [0.05, 0.1) is 5.56 Å². The van der Waals surface area contributed by atoms with Crippen LogP contribution in [-0.2, 0) is 16.0 Å². The van der Waals surface area contributed by atoms with Crippen LogP contribution >= 0.6 is 0 Å². The highest BCUT2D eigenvalue weighted by molar-refractivity contribution is 6.02. The number of nitrogens with one attached hydrogen (secondary N) is 1. The lowest BCUT2D eigenvalue weighted by molar-refractivity contribution is -0.134. The first kappa shape index (κ1) is 14.3. The summed E-state index contributed by atoms with van der Waals surface area (Å²) in [6.45, 7) is 1.55. The van der Waals surface area contributed by atoms with Gasteiger partial charge in [0.15, 0.2) is 5.60 Å². The van der Waals surface area contributed by atoms with Crippen molar-refractivity contribution in [2.75, 3.05) is 5.32 Å². The average Bonchev–Trinajstić information content (AvgIpc) is 2.47. The highest BCUT2D eigenvalue weighted by atomic mass is 19.1. The molecule has 1 amide bonds. The molecule has 5 heteroatoms. The second-order valence-electron chi connectivity index (χ2n) is 5.42. The lowest BCUT2D eigenvalue weighted by Gasteiger charge is -2.33. The van der Waals surface area contributed by atoms with Gasteiger partial charge in [0, 0.05) is 12.1 Å². The number of hydrogen-bond donors (Lipinski definition) is 1. The van der Waals surface area contributed by atoms with Gasteiger partial charge in [-0.15, -0.1) is 0 Å². The van der Waals surface area contributed by atoms with Crippen LogP contribution in [-0.4, -0.2) is 17.5 Å². The molecule has 0 bridgehead atoms. The predicted molar refractivity (Wildman–Crippen MR) is 79.0 cm³/mol. The molecule has 2 aromatic carbocycles. The Balaban J connectivity index is 1.85. The first-order valence-electron chi connectivity index (χ1n) is 6.86. The van der Waals surface area contributed by atoms with Crippen LogP contribution < -0.4 is 5.32 Å². The van der Waals surface area contributed by atoms with Crippen molar-refractivity contribution in [3.05, 3.63) is 65.5 Å². The number of fused-ring (bicyclic) bond motifs is 1. The SMILES string of the molecule is C[C@]1(C(=O)Nc2cccc(F)c2)Cc2ccccc2C(=O)O1. The van der Waals surface area contributed by atoms with Crippen molar-refractivity contribution >= 4 is 17.6 Å². The second kappa shape index (κ2) is 5.26. The fourth-order valence-electron chi connectivity index (χ4n) is 2.49. The lowest BCUT2D eigenvalue weighted by Crippen LogP contribution is -2.48. The van der Waals surface area contributed by atoms with E-state index in [2.05, 4.69) is 5.32 Å². The fraction of sp³-hybridized carbons (Fsp3) is 0.176. The normalized spacial score (nSPS) is 20.0. The van der Waals surface area contributed by atoms with Crippen LogP contribution in [0, 0.1) is 5.82 Å². The van der Waals surface area contributed by atoms with E-state index in [9.17, 15) is 14.0 Å². The van der Waals surface area contributed by atoms with Crippen LogP contribution in [0.5, 0.6) is 0 Å². The van der Waals surface area contributed by atoms with Crippen molar-refractivity contribution < 1.29 is 18.7 Å². The van der Waals surface area contributed by atoms with Crippen molar-refractivity contribution in [1.82, 2.24) is 0 Å². The lowest BCUT2D eigenvalue weighted by atomic mass is 9.89. The van der Waals surface area contributed by atoms with Crippen LogP contribution in [0.25, 0.3) is 0 Å². The zero-order chi connectivity index (χ0) is 15.7. The van der Waals surface area contributed by atoms with Gasteiger partial charge in [-0.25, -0.2) is 9.18 Å². The number of carbonyl (C=O) groups excluding carboxylic acids is 2. The number of ether oxygens (including phenoxy) is 1. The van der Waals surface area contributed by atoms with Crippen LogP contribution in [0.3, 0.4) is 0 Å². The molecule has 1 heterocycles. The summed E-state index contributed by atoms with van der Waals surface area (Å²) in [6, 6.07) is 12.6. The molecule has 1 aliphatic rings. The van der Waals surface area contributed by atoms with E-state index >= 15 is 0 Å². The first-order valence-corrected chi connectivity index (χ1v) is 6.86. The Bertz CT molecular complexity index is 759. The fourth-order valence-corrected chi connectivity index (χ4v) is 2.49. The van der Waals surface area contributed by atoms with Gasteiger partial charge in [0.25, 0.3) is 5.91 Å². The molecular weight excluding hydrogens is 285 g/mol. The van der Waals surface area contributed by atoms with E-state index in [0.717, 1.165) is 5.56 Å². The van der Waals surface area contributed by atoms with Crippen LogP contribution in [0.15, 0.2) is 48.5 Å². The molecule has 2 aromatic rings. The van der Waals surface area contributed by atoms with Crippen LogP contribution in [0.4, 0.5) is 10.1 Å². The number of benzene rings is 2. The molecule has 0 unspecified atom stereocenters. The van der Waals surface area contributed by atoms with Gasteiger partial charge < -0.3 is 10.1 Å². The highest BCUT2D eigenvalue weighted by Crippen LogP contribution is 2.29. The number of halogens is 1. The van der Waals surface area contributed by atoms with Crippen molar-refractivity contribution in [3.63, 3.8) is 0 Å². The summed E-state index contributed by atoms with van der Waals surface area (Å²) in [5.74, 6) is -1.46. The predicted octanol–water partition coefficient (Wildman–Crippen LogP) is 2.94. The minimum Gasteiger partial charge on any atom is -0.445 e. The van der Waals surface area contributed by atoms with Crippen LogP contribution in [0.2, 0.25) is 0 Å². The van der Waals surface area contributed by atoms with Gasteiger partial charge in [-0.05, 0) is 36.8 Å². The van der Waals surface area contributed by atoms with Crippen molar-refractivity contribution in [2.24, 2.45) is 0 Å². The summed E-state index contributed by atoms with van der Waals surface area (Å²) < 4.78 is 18.5. The molecule has 0 aliphatic carbocycles. The van der Waals surface area contributed by atoms with Crippen LogP contribution in [0.1, 0.15) is 22.8 Å². The molecular formula is C17H14FNO3. The summed E-state index contributed by atoms with van der Waals surface area (Å²) in [5, 5.41) is 2.59. The van der Waals surface area contributed by atoms with Gasteiger partial charge in [-0.2, -0.15) is 0 Å². The van der Waals surface area contributed by atoms with E-state index < -0.39 is 23.3 Å². The summed E-state index contributed by atoms with van der Waals surface area (Å²) in [7, 11) is 0. The quantitative estimate of drug-likeness (QED) is 0.867. The smallest absolute Gasteiger partial charge is 0.339 e. The average molecular weight is 299 g/mol. The van der Waals surface area contributed by atoms with E-state index in [4.69, 9.17) is 4.74 Å². The molecule has 0 aromatic heterocycles. The summed E-state index contributed by atoms with van der Waals surface area (Å²) in [6.07, 6.45) is 0.274. The monoisotopic (exact) mass is 299 g/mol. The number of carbonyl (C=O) groups is 2. The largest absolute Gasteiger partial charge is 0.445 e. The molecule has 0 fully saturated rings. The summed E-state index contributed by atoms with van der Waals surface area (Å²) in [4.78, 5) is 24.5. The molecule has 22 heavy (non-hydrogen) atoms. The molecule has 1 atom stereocenters. The number of rotatable bonds is 2. The Kier molecular flexibility index (Phi) is 3.41. The van der Waals surface area contributed by atoms with Crippen molar-refractivity contribution in [3.8, 4) is 0 Å². The Morgan fingerprint density at radius 3 is 2.77 bits per heavy atom. The maximum Gasteiger partial charge on any atom is 0.339 e. The van der Waals surface area contributed by atoms with Crippen molar-refractivity contribution in [1.29, 1.82) is 0 Å². The number of hydrogen-bond acceptors (Lipinski definition) is 3. The Labute approximate surface area is 126 Å². The van der Waals surface area contributed by atoms with Gasteiger partial charge in [0.1, 0.15) is 5.82 Å². The molecule has 3 rings (SSSR count). The van der Waals surface area contributed by atoms with Crippen molar-refractivity contribution in [2.45, 2.75) is 18.9 Å². The molecule has 0 spiro atoms. The Morgan fingerprint density at radius 1 is 1.23 bits per heavy atom. The van der Waals surface area contributed by atoms with Gasteiger partial charge >= 0.3 is 5.97 Å². The number of amides is 1. The van der Waals surface area contributed by atoms with E-state index in [1.165, 1.54) is 18.2 Å². The van der Waals surface area contributed by atoms with Gasteiger partial charge in [0.2, 0.25) is 0 Å². The van der Waals surface area contributed by atoms with E-state index in [1.807, 2.05) is 6.07 Å². The van der Waals surface area contributed by atoms with E-state index in [0.29, 0.717) is 11.3 Å². The Morgan fingerprint density at radius 2 is 2.00 bits per heavy atom. The maximum atomic E-state index is 13.2. The van der Waals surface area contributed by atoms with E-state index in [-0.39, 0.29) is 6.42 Å². The first-order chi connectivity index (χ1) is 10.5. The van der Waals surface area contributed by atoms with Gasteiger partial charge in [-0.1, -0.05) is 24.3 Å². The third-order valence-electron chi connectivity index (χ3n) is 3.65. The minimum atomic E-state index is -1.32. The third-order valence-corrected chi connectivity index (χ3v) is 3.65. The maximum absolute atomic E-state index is 13.2. The molecule has 4 nitrogen and oxygen atoms in total. The molecule has 112 valence electrons. The zero-order valence-electron chi connectivity index (χ0n) is 11.9. The summed E-state index contributed by atoms with van der Waals surface area (Å²) in [5.41, 5.74) is 0.230. The molecule has 0 saturated carbocycles. The topological polar surface area (TPSA) is 55.4 Å². The standard InChI is InChI=1S/C17H14FNO3/c1-17(16(21)19-13-7-4-6-12(18)9-13)10-11-5-2-3-8-14(11)15(20)22-17/h2-9H,10H2,1H3,(H,19,21)/t17-/m1/s1. The summed E-state index contributed by atoms with van der Waals surface area (Å²) >= 11 is 0. The number of anilines is 1. The van der Waals surface area contributed by atoms with Gasteiger partial charge in [-0.3, -0.25) is 4.79 Å². The number of cyclic esters (lactones) is 1. The van der Waals surface area contributed by atoms with E-state index in [1.54, 1.807) is 31.2 Å². The highest BCUT2D eigenvalue weighted by Gasteiger charge is 2.42. The molecule has 1 aliphatic heterocycles. The zero-order valence-corrected chi connectivity index (χ0v) is 11.9. The molecule has 1 N–H and O–H groups in total. The Hall–Kier alpha value is -2.69. The third kappa shape index (κ3) is 2.57. The molecule has 0 radical (unpaired) electrons. The minimum absolute atomic E-state index is 0.274.